The van der Waals surface area contributed by atoms with Crippen molar-refractivity contribution in [3.8, 4) is 5.75 Å². The topological polar surface area (TPSA) is 77.9 Å². The predicted octanol–water partition coefficient (Wildman–Crippen LogP) is 7.95. The van der Waals surface area contributed by atoms with Crippen LogP contribution in [0.1, 0.15) is 92.7 Å². The second-order valence-corrected chi connectivity index (χ2v) is 17.4. The highest BCUT2D eigenvalue weighted by Gasteiger charge is 2.54. The summed E-state index contributed by atoms with van der Waals surface area (Å²) in [7, 11) is 2.22. The van der Waals surface area contributed by atoms with Crippen LogP contribution < -0.4 is 10.1 Å². The van der Waals surface area contributed by atoms with Crippen molar-refractivity contribution in [2.24, 2.45) is 17.3 Å². The Morgan fingerprint density at radius 2 is 1.90 bits per heavy atom. The Balaban J connectivity index is 1.02. The van der Waals surface area contributed by atoms with Crippen LogP contribution in [0.4, 0.5) is 5.69 Å². The lowest BCUT2D eigenvalue weighted by Gasteiger charge is -2.59. The van der Waals surface area contributed by atoms with Gasteiger partial charge in [-0.2, -0.15) is 0 Å². The Hall–Kier alpha value is -3.13. The van der Waals surface area contributed by atoms with E-state index >= 15 is 0 Å². The minimum absolute atomic E-state index is 0.0498. The van der Waals surface area contributed by atoms with Crippen LogP contribution in [-0.2, 0) is 29.6 Å². The number of halogens is 1. The molecule has 1 unspecified atom stereocenters. The number of rotatable bonds is 10. The van der Waals surface area contributed by atoms with Crippen LogP contribution in [0.5, 0.6) is 5.75 Å². The van der Waals surface area contributed by atoms with Crippen LogP contribution in [0.2, 0.25) is 5.02 Å². The molecule has 0 bridgehead atoms. The molecule has 2 aliphatic heterocycles. The Kier molecular flexibility index (Phi) is 8.92. The number of anilines is 1. The van der Waals surface area contributed by atoms with Gasteiger partial charge in [-0.15, -0.1) is 0 Å². The average Bonchev–Trinajstić information content (AvgIpc) is 3.34. The third-order valence-electron chi connectivity index (χ3n) is 13.1. The number of aryl methyl sites for hydroxylation is 1. The number of hydrogen-bond acceptors (Lipinski definition) is 6. The summed E-state index contributed by atoms with van der Waals surface area (Å²) in [6.07, 6.45) is 10.3. The SMILES string of the molecule is C[C@@H](COc1ccnc2c1[C@H](C)CCC2)CC1Cc2ccc(CN3CC4(CN(C)C4)C3)cc2C12CCC(Nc1cccc(Cl)c1)(C(=O)O)CC2. The molecule has 3 aliphatic carbocycles. The number of pyridine rings is 1. The molecule has 0 radical (unpaired) electrons. The molecule has 2 N–H and O–H groups in total. The molecule has 3 aromatic rings. The first-order valence-electron chi connectivity index (χ1n) is 19.0. The van der Waals surface area contributed by atoms with Gasteiger partial charge in [0.05, 0.1) is 6.61 Å². The van der Waals surface area contributed by atoms with Crippen molar-refractivity contribution >= 4 is 23.3 Å². The molecular weight excluding hydrogens is 644 g/mol. The first kappa shape index (κ1) is 34.0. The number of nitrogens with one attached hydrogen (secondary N) is 1. The Morgan fingerprint density at radius 3 is 2.64 bits per heavy atom. The molecule has 1 saturated carbocycles. The number of aromatic nitrogens is 1. The molecule has 3 atom stereocenters. The minimum Gasteiger partial charge on any atom is -0.493 e. The normalized spacial score (nSPS) is 29.1. The zero-order chi connectivity index (χ0) is 34.7. The minimum atomic E-state index is -1.02. The maximum Gasteiger partial charge on any atom is 0.329 e. The molecule has 5 aliphatic rings. The quantitative estimate of drug-likeness (QED) is 0.223. The maximum absolute atomic E-state index is 13.0. The van der Waals surface area contributed by atoms with Crippen LogP contribution in [0.25, 0.3) is 0 Å². The molecule has 2 spiro atoms. The Bertz CT molecular complexity index is 1740. The third kappa shape index (κ3) is 6.22. The number of hydrogen-bond donors (Lipinski definition) is 2. The van der Waals surface area contributed by atoms with Crippen LogP contribution in [0.3, 0.4) is 0 Å². The Morgan fingerprint density at radius 1 is 1.10 bits per heavy atom. The smallest absolute Gasteiger partial charge is 0.329 e. The van der Waals surface area contributed by atoms with E-state index in [-0.39, 0.29) is 5.41 Å². The molecule has 266 valence electrons. The molecule has 3 fully saturated rings. The van der Waals surface area contributed by atoms with Crippen LogP contribution in [0.15, 0.2) is 54.7 Å². The number of benzene rings is 2. The predicted molar refractivity (Wildman–Crippen MR) is 199 cm³/mol. The van der Waals surface area contributed by atoms with E-state index in [2.05, 4.69) is 65.3 Å². The van der Waals surface area contributed by atoms with E-state index in [9.17, 15) is 9.90 Å². The lowest BCUT2D eigenvalue weighted by atomic mass is 9.59. The molecule has 2 aromatic carbocycles. The lowest BCUT2D eigenvalue weighted by molar-refractivity contribution is -0.144. The highest BCUT2D eigenvalue weighted by Crippen LogP contribution is 2.56. The fraction of sp³-hybridized carbons (Fsp3) is 0.571. The van der Waals surface area contributed by atoms with Gasteiger partial charge >= 0.3 is 5.97 Å². The van der Waals surface area contributed by atoms with E-state index in [1.807, 2.05) is 30.5 Å². The molecule has 8 rings (SSSR count). The first-order valence-corrected chi connectivity index (χ1v) is 19.3. The van der Waals surface area contributed by atoms with Gasteiger partial charge in [0.1, 0.15) is 11.3 Å². The molecule has 50 heavy (non-hydrogen) atoms. The van der Waals surface area contributed by atoms with Gasteiger partial charge in [0.2, 0.25) is 0 Å². The third-order valence-corrected chi connectivity index (χ3v) is 13.3. The van der Waals surface area contributed by atoms with E-state index in [1.54, 1.807) is 0 Å². The molecule has 3 heterocycles. The van der Waals surface area contributed by atoms with E-state index in [4.69, 9.17) is 16.3 Å². The number of fused-ring (bicyclic) bond motifs is 3. The summed E-state index contributed by atoms with van der Waals surface area (Å²) in [5.41, 5.74) is 7.06. The summed E-state index contributed by atoms with van der Waals surface area (Å²) < 4.78 is 6.61. The number of carboxylic acids is 1. The van der Waals surface area contributed by atoms with Crippen molar-refractivity contribution in [1.29, 1.82) is 0 Å². The number of likely N-dealkylation sites (tertiary alicyclic amines) is 2. The number of carbonyl (C=O) groups is 1. The molecule has 2 saturated heterocycles. The van der Waals surface area contributed by atoms with Crippen LogP contribution in [0, 0.1) is 17.3 Å². The highest BCUT2D eigenvalue weighted by atomic mass is 35.5. The van der Waals surface area contributed by atoms with Crippen molar-refractivity contribution in [3.05, 3.63) is 87.7 Å². The fourth-order valence-electron chi connectivity index (χ4n) is 10.8. The zero-order valence-electron chi connectivity index (χ0n) is 30.0. The number of aliphatic carboxylic acids is 1. The van der Waals surface area contributed by atoms with Gasteiger partial charge in [-0.05, 0) is 129 Å². The van der Waals surface area contributed by atoms with Gasteiger partial charge in [-0.3, -0.25) is 9.88 Å². The molecule has 7 nitrogen and oxygen atoms in total. The van der Waals surface area contributed by atoms with Gasteiger partial charge in [-0.25, -0.2) is 4.79 Å². The standard InChI is InChI=1S/C42H53ClN4O3/c1-28(23-50-37-12-17-44-36-9-4-6-29(2)38(36)37)18-32-20-31-11-10-30(22-47-26-40(27-47)24-46(3)25-40)19-35(31)41(32)13-15-42(16-14-41,39(48)49)45-34-8-5-7-33(43)21-34/h5,7-8,10-12,17,19,21,28-29,32,45H,4,6,9,13-16,18,20,22-27H2,1-3H3,(H,48,49)/t28-,29-,32?,41?,42?/m1/s1. The molecule has 0 amide bonds. The summed E-state index contributed by atoms with van der Waals surface area (Å²) in [6, 6.07) is 16.8. The first-order chi connectivity index (χ1) is 24.1. The number of ether oxygens (including phenoxy) is 1. The van der Waals surface area contributed by atoms with Crippen molar-refractivity contribution in [3.63, 3.8) is 0 Å². The molecular formula is C42H53ClN4O3. The monoisotopic (exact) mass is 696 g/mol. The summed E-state index contributed by atoms with van der Waals surface area (Å²) in [6.45, 7) is 11.1. The lowest BCUT2D eigenvalue weighted by Crippen LogP contribution is -2.70. The Labute approximate surface area is 302 Å². The summed E-state index contributed by atoms with van der Waals surface area (Å²) in [4.78, 5) is 22.7. The van der Waals surface area contributed by atoms with Crippen molar-refractivity contribution in [2.45, 2.75) is 95.1 Å². The second-order valence-electron chi connectivity index (χ2n) is 17.0. The summed E-state index contributed by atoms with van der Waals surface area (Å²) in [5, 5.41) is 14.7. The summed E-state index contributed by atoms with van der Waals surface area (Å²) >= 11 is 6.31. The highest BCUT2D eigenvalue weighted by molar-refractivity contribution is 6.30. The van der Waals surface area contributed by atoms with Gasteiger partial charge in [0, 0.05) is 66.3 Å². The fourth-order valence-corrected chi connectivity index (χ4v) is 11.0. The average molecular weight is 697 g/mol. The van der Waals surface area contributed by atoms with E-state index in [0.717, 1.165) is 50.1 Å². The molecule has 1 aromatic heterocycles. The van der Waals surface area contributed by atoms with Crippen LogP contribution in [-0.4, -0.2) is 71.2 Å². The number of nitrogens with zero attached hydrogens (tertiary/aromatic N) is 3. The van der Waals surface area contributed by atoms with E-state index < -0.39 is 11.5 Å². The van der Waals surface area contributed by atoms with Gasteiger partial charge in [-0.1, -0.05) is 49.7 Å². The zero-order valence-corrected chi connectivity index (χ0v) is 30.8. The van der Waals surface area contributed by atoms with Crippen LogP contribution >= 0.6 is 11.6 Å². The van der Waals surface area contributed by atoms with E-state index in [1.165, 1.54) is 67.0 Å². The van der Waals surface area contributed by atoms with Gasteiger partial charge < -0.3 is 20.1 Å². The van der Waals surface area contributed by atoms with Gasteiger partial charge in [0.25, 0.3) is 0 Å². The number of carboxylic acid groups (broad SMARTS) is 1. The van der Waals surface area contributed by atoms with Crippen molar-refractivity contribution < 1.29 is 14.6 Å². The van der Waals surface area contributed by atoms with Crippen molar-refractivity contribution in [2.75, 3.05) is 45.2 Å². The van der Waals surface area contributed by atoms with Crippen molar-refractivity contribution in [1.82, 2.24) is 14.8 Å². The largest absolute Gasteiger partial charge is 0.493 e. The van der Waals surface area contributed by atoms with E-state index in [0.29, 0.717) is 47.6 Å². The van der Waals surface area contributed by atoms with Gasteiger partial charge in [0.15, 0.2) is 0 Å². The summed E-state index contributed by atoms with van der Waals surface area (Å²) in [5.74, 6) is 1.52. The second kappa shape index (κ2) is 13.1. The molecule has 8 heteroatoms. The maximum atomic E-state index is 13.0.